The first kappa shape index (κ1) is 15.2. The Morgan fingerprint density at radius 2 is 1.79 bits per heavy atom. The normalized spacial score (nSPS) is 10.7. The van der Waals surface area contributed by atoms with Crippen LogP contribution in [0.3, 0.4) is 0 Å². The van der Waals surface area contributed by atoms with Crippen LogP contribution in [-0.2, 0) is 12.8 Å². The summed E-state index contributed by atoms with van der Waals surface area (Å²) in [5.41, 5.74) is 1.44. The van der Waals surface area contributed by atoms with Gasteiger partial charge in [-0.2, -0.15) is 0 Å². The molecule has 0 aromatic heterocycles. The number of hydrogen-bond acceptors (Lipinski definition) is 2. The zero-order valence-corrected chi connectivity index (χ0v) is 11.6. The van der Waals surface area contributed by atoms with E-state index in [4.69, 9.17) is 0 Å². The maximum absolute atomic E-state index is 11.5. The zero-order chi connectivity index (χ0) is 14.6. The lowest BCUT2D eigenvalue weighted by Gasteiger charge is -2.15. The second kappa shape index (κ2) is 6.36. The van der Waals surface area contributed by atoms with Gasteiger partial charge in [-0.1, -0.05) is 33.3 Å². The van der Waals surface area contributed by atoms with Crippen molar-refractivity contribution >= 4 is 11.9 Å². The average molecular weight is 264 g/mol. The molecule has 1 rings (SSSR count). The topological polar surface area (TPSA) is 74.6 Å². The summed E-state index contributed by atoms with van der Waals surface area (Å²) in [6, 6.07) is 3.15. The molecule has 1 aromatic carbocycles. The van der Waals surface area contributed by atoms with Crippen molar-refractivity contribution in [1.82, 2.24) is 0 Å². The molecule has 0 aliphatic rings. The van der Waals surface area contributed by atoms with Gasteiger partial charge in [-0.25, -0.2) is 9.59 Å². The van der Waals surface area contributed by atoms with Crippen LogP contribution in [0.25, 0.3) is 0 Å². The Morgan fingerprint density at radius 3 is 2.21 bits per heavy atom. The Morgan fingerprint density at radius 1 is 1.16 bits per heavy atom. The van der Waals surface area contributed by atoms with Crippen molar-refractivity contribution in [3.8, 4) is 0 Å². The van der Waals surface area contributed by atoms with Gasteiger partial charge in [-0.3, -0.25) is 0 Å². The van der Waals surface area contributed by atoms with Crippen LogP contribution in [0.1, 0.15) is 59.0 Å². The van der Waals surface area contributed by atoms with Crippen molar-refractivity contribution in [2.75, 3.05) is 0 Å². The van der Waals surface area contributed by atoms with E-state index >= 15 is 0 Å². The van der Waals surface area contributed by atoms with E-state index in [0.29, 0.717) is 18.4 Å². The second-order valence-electron chi connectivity index (χ2n) is 5.08. The molecule has 0 fully saturated rings. The Hall–Kier alpha value is -1.84. The van der Waals surface area contributed by atoms with E-state index in [9.17, 15) is 19.8 Å². The van der Waals surface area contributed by atoms with Crippen LogP contribution in [-0.4, -0.2) is 22.2 Å². The molecule has 104 valence electrons. The summed E-state index contributed by atoms with van der Waals surface area (Å²) < 4.78 is 0. The Bertz CT molecular complexity index is 489. The van der Waals surface area contributed by atoms with Crippen LogP contribution in [0.15, 0.2) is 12.1 Å². The molecule has 2 N–H and O–H groups in total. The van der Waals surface area contributed by atoms with Crippen molar-refractivity contribution in [3.05, 3.63) is 34.4 Å². The molecule has 0 saturated heterocycles. The summed E-state index contributed by atoms with van der Waals surface area (Å²) in [5, 5.41) is 18.6. The number of benzene rings is 1. The van der Waals surface area contributed by atoms with Crippen molar-refractivity contribution < 1.29 is 19.8 Å². The number of aryl methyl sites for hydroxylation is 1. The Labute approximate surface area is 113 Å². The Balaban J connectivity index is 3.51. The monoisotopic (exact) mass is 264 g/mol. The van der Waals surface area contributed by atoms with Gasteiger partial charge in [-0.15, -0.1) is 0 Å². The van der Waals surface area contributed by atoms with Crippen LogP contribution >= 0.6 is 0 Å². The molecule has 0 atom stereocenters. The smallest absolute Gasteiger partial charge is 0.336 e. The average Bonchev–Trinajstić information content (AvgIpc) is 2.27. The quantitative estimate of drug-likeness (QED) is 0.827. The molecule has 0 heterocycles. The van der Waals surface area contributed by atoms with E-state index in [1.807, 2.05) is 20.8 Å². The standard InChI is InChI=1S/C15H20O4/c1-4-5-10-6-7-11(14(16)17)12(8-9(2)3)13(10)15(18)19/h6-7,9H,4-5,8H2,1-3H3,(H,16,17)(H,18,19). The summed E-state index contributed by atoms with van der Waals surface area (Å²) in [6.45, 7) is 5.87. The molecule has 0 saturated carbocycles. The zero-order valence-electron chi connectivity index (χ0n) is 11.6. The summed E-state index contributed by atoms with van der Waals surface area (Å²) in [4.78, 5) is 22.7. The molecular weight excluding hydrogens is 244 g/mol. The van der Waals surface area contributed by atoms with Crippen LogP contribution in [0.5, 0.6) is 0 Å². The molecule has 0 spiro atoms. The predicted octanol–water partition coefficient (Wildman–Crippen LogP) is 3.23. The summed E-state index contributed by atoms with van der Waals surface area (Å²) in [6.07, 6.45) is 1.93. The van der Waals surface area contributed by atoms with Gasteiger partial charge in [0.2, 0.25) is 0 Å². The highest BCUT2D eigenvalue weighted by Crippen LogP contribution is 2.24. The fraction of sp³-hybridized carbons (Fsp3) is 0.467. The highest BCUT2D eigenvalue weighted by Gasteiger charge is 2.22. The molecular formula is C15H20O4. The van der Waals surface area contributed by atoms with Crippen molar-refractivity contribution in [3.63, 3.8) is 0 Å². The number of carbonyl (C=O) groups is 2. The second-order valence-corrected chi connectivity index (χ2v) is 5.08. The highest BCUT2D eigenvalue weighted by molar-refractivity contribution is 5.97. The van der Waals surface area contributed by atoms with E-state index in [0.717, 1.165) is 12.0 Å². The van der Waals surface area contributed by atoms with Crippen molar-refractivity contribution in [2.45, 2.75) is 40.0 Å². The SMILES string of the molecule is CCCc1ccc(C(=O)O)c(CC(C)C)c1C(=O)O. The van der Waals surface area contributed by atoms with E-state index in [-0.39, 0.29) is 17.0 Å². The van der Waals surface area contributed by atoms with E-state index < -0.39 is 11.9 Å². The molecule has 1 aromatic rings. The van der Waals surface area contributed by atoms with Gasteiger partial charge in [0, 0.05) is 0 Å². The highest BCUT2D eigenvalue weighted by atomic mass is 16.4. The third-order valence-corrected chi connectivity index (χ3v) is 2.98. The third-order valence-electron chi connectivity index (χ3n) is 2.98. The van der Waals surface area contributed by atoms with Gasteiger partial charge < -0.3 is 10.2 Å². The molecule has 0 bridgehead atoms. The minimum atomic E-state index is -1.07. The maximum Gasteiger partial charge on any atom is 0.336 e. The van der Waals surface area contributed by atoms with Crippen molar-refractivity contribution in [1.29, 1.82) is 0 Å². The van der Waals surface area contributed by atoms with Crippen LogP contribution in [0.2, 0.25) is 0 Å². The first-order chi connectivity index (χ1) is 8.88. The van der Waals surface area contributed by atoms with Gasteiger partial charge in [0.1, 0.15) is 0 Å². The summed E-state index contributed by atoms with van der Waals surface area (Å²) in [5.74, 6) is -1.91. The lowest BCUT2D eigenvalue weighted by molar-refractivity contribution is 0.0694. The molecule has 0 aliphatic heterocycles. The van der Waals surface area contributed by atoms with Crippen LogP contribution in [0.4, 0.5) is 0 Å². The van der Waals surface area contributed by atoms with E-state index in [1.165, 1.54) is 6.07 Å². The van der Waals surface area contributed by atoms with E-state index in [2.05, 4.69) is 0 Å². The summed E-state index contributed by atoms with van der Waals surface area (Å²) in [7, 11) is 0. The van der Waals surface area contributed by atoms with Gasteiger partial charge in [0.25, 0.3) is 0 Å². The first-order valence-corrected chi connectivity index (χ1v) is 6.49. The maximum atomic E-state index is 11.5. The van der Waals surface area contributed by atoms with E-state index in [1.54, 1.807) is 6.07 Å². The number of carboxylic acids is 2. The molecule has 0 unspecified atom stereocenters. The van der Waals surface area contributed by atoms with Gasteiger partial charge in [0.05, 0.1) is 11.1 Å². The predicted molar refractivity (Wildman–Crippen MR) is 72.9 cm³/mol. The molecule has 4 heteroatoms. The van der Waals surface area contributed by atoms with Gasteiger partial charge in [0.15, 0.2) is 0 Å². The lowest BCUT2D eigenvalue weighted by Crippen LogP contribution is -2.15. The fourth-order valence-electron chi connectivity index (χ4n) is 2.26. The molecule has 4 nitrogen and oxygen atoms in total. The largest absolute Gasteiger partial charge is 0.478 e. The Kier molecular flexibility index (Phi) is 5.10. The van der Waals surface area contributed by atoms with Crippen LogP contribution in [0, 0.1) is 5.92 Å². The third kappa shape index (κ3) is 3.56. The first-order valence-electron chi connectivity index (χ1n) is 6.49. The number of carboxylic acid groups (broad SMARTS) is 2. The minimum absolute atomic E-state index is 0.103. The van der Waals surface area contributed by atoms with Gasteiger partial charge in [-0.05, 0) is 36.0 Å². The van der Waals surface area contributed by atoms with Crippen LogP contribution < -0.4 is 0 Å². The van der Waals surface area contributed by atoms with Gasteiger partial charge >= 0.3 is 11.9 Å². The number of aromatic carboxylic acids is 2. The molecule has 19 heavy (non-hydrogen) atoms. The number of rotatable bonds is 6. The van der Waals surface area contributed by atoms with Crippen molar-refractivity contribution in [2.24, 2.45) is 5.92 Å². The lowest BCUT2D eigenvalue weighted by atomic mass is 9.88. The minimum Gasteiger partial charge on any atom is -0.478 e. The molecule has 0 amide bonds. The summed E-state index contributed by atoms with van der Waals surface area (Å²) >= 11 is 0. The molecule has 0 radical (unpaired) electrons. The fourth-order valence-corrected chi connectivity index (χ4v) is 2.26. The number of hydrogen-bond donors (Lipinski definition) is 2. The molecule has 0 aliphatic carbocycles.